The number of hydrogen-bond donors (Lipinski definition) is 1. The summed E-state index contributed by atoms with van der Waals surface area (Å²) < 4.78 is 8.55. The average molecular weight is 243 g/mol. The molecule has 0 spiro atoms. The van der Waals surface area contributed by atoms with E-state index in [0.717, 1.165) is 0 Å². The van der Waals surface area contributed by atoms with Gasteiger partial charge in [0.05, 0.1) is 0 Å². The zero-order valence-corrected chi connectivity index (χ0v) is 9.22. The first-order valence-corrected chi connectivity index (χ1v) is 2.19. The van der Waals surface area contributed by atoms with Crippen LogP contribution in [0.1, 0.15) is 0 Å². The van der Waals surface area contributed by atoms with Crippen LogP contribution in [0.5, 0.6) is 0 Å². The van der Waals surface area contributed by atoms with E-state index in [-0.39, 0.29) is 38.9 Å². The largest absolute Gasteiger partial charge is 2.00 e. The predicted octanol–water partition coefficient (Wildman–Crippen LogP) is -3.28. The van der Waals surface area contributed by atoms with E-state index in [2.05, 4.69) is 0 Å². The van der Waals surface area contributed by atoms with Crippen molar-refractivity contribution in [1.82, 2.24) is 6.15 Å². The molecule has 48 valence electrons. The molecule has 0 unspecified atom stereocenters. The van der Waals surface area contributed by atoms with Crippen LogP contribution in [0.15, 0.2) is 0 Å². The van der Waals surface area contributed by atoms with Gasteiger partial charge in [-0.3, -0.25) is 0 Å². The van der Waals surface area contributed by atoms with Crippen LogP contribution in [-0.4, -0.2) is 5.48 Å². The molecule has 0 bridgehead atoms. The maximum atomic E-state index is 8.55. The van der Waals surface area contributed by atoms with Gasteiger partial charge in [-0.15, -0.1) is 0 Å². The van der Waals surface area contributed by atoms with Crippen molar-refractivity contribution in [3.05, 3.63) is 0 Å². The van der Waals surface area contributed by atoms with Crippen molar-refractivity contribution in [1.29, 1.82) is 0 Å². The summed E-state index contributed by atoms with van der Waals surface area (Å²) in [7, 11) is -5.39. The second kappa shape index (κ2) is 7.95. The molecule has 0 heterocycles. The Balaban J connectivity index is -0.0000000267. The minimum atomic E-state index is -5.39. The fourth-order valence-corrected chi connectivity index (χ4v) is 0. The number of phosphoric acid groups is 1. The Labute approximate surface area is 66.2 Å². The maximum absolute atomic E-state index is 8.55. The summed E-state index contributed by atoms with van der Waals surface area (Å²) in [5.74, 6) is 0. The molecule has 0 saturated heterocycles. The monoisotopic (exact) mass is 245 g/mol. The van der Waals surface area contributed by atoms with Crippen molar-refractivity contribution >= 4 is 7.82 Å². The van der Waals surface area contributed by atoms with Gasteiger partial charge in [-0.1, -0.05) is 0 Å². The van der Waals surface area contributed by atoms with E-state index < -0.39 is 7.82 Å². The first-order valence-electron chi connectivity index (χ1n) is 0.730. The Morgan fingerprint density at radius 3 is 1.12 bits per heavy atom. The summed E-state index contributed by atoms with van der Waals surface area (Å²) in [6, 6.07) is 0. The number of quaternary nitrogens is 1. The van der Waals surface area contributed by atoms with Crippen LogP contribution in [0.2, 0.25) is 0 Å². The van der Waals surface area contributed by atoms with Crippen LogP contribution >= 0.6 is 7.82 Å². The Hall–Kier alpha value is 0.952. The molecule has 0 aromatic heterocycles. The molecule has 0 aromatic rings. The molecule has 0 amide bonds. The Morgan fingerprint density at radius 2 is 1.12 bits per heavy atom. The maximum Gasteiger partial charge on any atom is 2.00 e. The molecule has 6 N–H and O–H groups in total. The third-order valence-corrected chi connectivity index (χ3v) is 0. The van der Waals surface area contributed by atoms with Crippen molar-refractivity contribution in [3.63, 3.8) is 0 Å². The summed E-state index contributed by atoms with van der Waals surface area (Å²) in [5.41, 5.74) is 0. The molecule has 0 radical (unpaired) electrons. The van der Waals surface area contributed by atoms with Gasteiger partial charge in [-0.2, -0.15) is 7.82 Å². The van der Waals surface area contributed by atoms with Crippen molar-refractivity contribution in [2.75, 3.05) is 0 Å². The fraction of sp³-hybridized carbons (Fsp3) is 0. The van der Waals surface area contributed by atoms with Crippen LogP contribution < -0.4 is 20.8 Å². The standard InChI is InChI=1S/Cd.H3N.H3O4P.H2O/c;;1-5(2,3)4;/h;1H3;(H3,1,2,3,4);1H2/q+2;;;/p-2. The average Bonchev–Trinajstić information content (AvgIpc) is 0.722. The van der Waals surface area contributed by atoms with E-state index in [4.69, 9.17) is 19.2 Å². The van der Waals surface area contributed by atoms with Gasteiger partial charge in [0.2, 0.25) is 0 Å². The molecular formula is H6CdNO5P. The first-order chi connectivity index (χ1) is 2.00. The molecule has 0 aliphatic carbocycles. The first kappa shape index (κ1) is 23.1. The Morgan fingerprint density at radius 1 is 1.12 bits per heavy atom. The second-order valence-electron chi connectivity index (χ2n) is 0.447. The van der Waals surface area contributed by atoms with Gasteiger partial charge in [0.1, 0.15) is 0 Å². The van der Waals surface area contributed by atoms with Crippen LogP contribution in [0.3, 0.4) is 0 Å². The van der Waals surface area contributed by atoms with Crippen molar-refractivity contribution in [2.45, 2.75) is 0 Å². The molecule has 8 heavy (non-hydrogen) atoms. The normalized spacial score (nSPS) is 7.38. The van der Waals surface area contributed by atoms with Crippen LogP contribution in [0.4, 0.5) is 0 Å². The summed E-state index contributed by atoms with van der Waals surface area (Å²) in [6.07, 6.45) is 0. The van der Waals surface area contributed by atoms with Gasteiger partial charge in [0, 0.05) is 0 Å². The van der Waals surface area contributed by atoms with Gasteiger partial charge in [0.25, 0.3) is 0 Å². The van der Waals surface area contributed by atoms with E-state index in [0.29, 0.717) is 0 Å². The van der Waals surface area contributed by atoms with E-state index in [1.54, 1.807) is 0 Å². The zero-order chi connectivity index (χ0) is 4.50. The van der Waals surface area contributed by atoms with Crippen LogP contribution in [0.25, 0.3) is 0 Å². The molecule has 8 heteroatoms. The second-order valence-corrected chi connectivity index (χ2v) is 1.34. The third-order valence-electron chi connectivity index (χ3n) is 0. The molecule has 0 atom stereocenters. The van der Waals surface area contributed by atoms with E-state index >= 15 is 0 Å². The van der Waals surface area contributed by atoms with Crippen molar-refractivity contribution in [3.8, 4) is 0 Å². The Kier molecular flexibility index (Phi) is 22.9. The van der Waals surface area contributed by atoms with E-state index in [1.807, 2.05) is 0 Å². The quantitative estimate of drug-likeness (QED) is 0.350. The van der Waals surface area contributed by atoms with Gasteiger partial charge in [0.15, 0.2) is 0 Å². The molecular weight excluding hydrogens is 237 g/mol. The molecule has 0 saturated carbocycles. The summed E-state index contributed by atoms with van der Waals surface area (Å²) in [5, 5.41) is 0. The minimum Gasteiger partial charge on any atom is -0.822 e. The van der Waals surface area contributed by atoms with E-state index in [9.17, 15) is 0 Å². The van der Waals surface area contributed by atoms with Gasteiger partial charge < -0.3 is 30.9 Å². The van der Waals surface area contributed by atoms with Crippen molar-refractivity contribution < 1.29 is 52.0 Å². The van der Waals surface area contributed by atoms with Gasteiger partial charge in [-0.25, -0.2) is 0 Å². The van der Waals surface area contributed by atoms with Crippen molar-refractivity contribution in [2.24, 2.45) is 0 Å². The van der Waals surface area contributed by atoms with Crippen LogP contribution in [0, 0.1) is 0 Å². The summed E-state index contributed by atoms with van der Waals surface area (Å²) >= 11 is 0. The summed E-state index contributed by atoms with van der Waals surface area (Å²) in [6.45, 7) is 0. The molecule has 0 aromatic carbocycles. The molecule has 0 fully saturated rings. The zero-order valence-electron chi connectivity index (χ0n) is 4.29. The van der Waals surface area contributed by atoms with Crippen LogP contribution in [-0.2, 0) is 31.9 Å². The number of hydrogen-bond acceptors (Lipinski definition) is 4. The molecule has 0 aliphatic heterocycles. The van der Waals surface area contributed by atoms with Gasteiger partial charge >= 0.3 is 27.3 Å². The number of rotatable bonds is 0. The van der Waals surface area contributed by atoms with E-state index in [1.165, 1.54) is 0 Å². The van der Waals surface area contributed by atoms with Gasteiger partial charge in [-0.05, 0) is 0 Å². The summed E-state index contributed by atoms with van der Waals surface area (Å²) in [4.78, 5) is 25.6. The predicted molar refractivity (Wildman–Crippen MR) is 17.2 cm³/mol. The third kappa shape index (κ3) is 272. The molecule has 0 rings (SSSR count). The molecule has 0 aliphatic rings. The molecule has 6 nitrogen and oxygen atoms in total. The smallest absolute Gasteiger partial charge is 0.822 e. The fourth-order valence-electron chi connectivity index (χ4n) is 0. The topological polar surface area (TPSA) is 154 Å². The minimum absolute atomic E-state index is 0. The Bertz CT molecular complexity index is 58.6. The SMILES string of the molecule is O.O=P([O-])([O-])[O-].[Cd+2].[NH4+].